The van der Waals surface area contributed by atoms with Crippen LogP contribution in [0.15, 0.2) is 176 Å². The molecule has 0 radical (unpaired) electrons. The van der Waals surface area contributed by atoms with E-state index in [-0.39, 0.29) is 0 Å². The summed E-state index contributed by atoms with van der Waals surface area (Å²) in [7, 11) is -1.90. The van der Waals surface area contributed by atoms with Crippen LogP contribution in [0.4, 0.5) is 0 Å². The summed E-state index contributed by atoms with van der Waals surface area (Å²) in [6.45, 7) is 4.93. The van der Waals surface area contributed by atoms with Crippen molar-refractivity contribution >= 4 is 40.0 Å². The highest BCUT2D eigenvalue weighted by Gasteiger charge is 2.38. The van der Waals surface area contributed by atoms with Crippen molar-refractivity contribution in [3.63, 3.8) is 0 Å². The molecule has 8 aromatic carbocycles. The van der Waals surface area contributed by atoms with Crippen molar-refractivity contribution in [2.24, 2.45) is 0 Å². The molecule has 3 nitrogen and oxygen atoms in total. The maximum Gasteiger partial charge on any atom is 0.164 e. The van der Waals surface area contributed by atoms with E-state index in [1.807, 2.05) is 6.07 Å². The summed E-state index contributed by atoms with van der Waals surface area (Å²) in [6, 6.07) is 62.9. The van der Waals surface area contributed by atoms with E-state index in [2.05, 4.69) is 183 Å². The molecule has 0 fully saturated rings. The minimum Gasteiger partial charge on any atom is -0.208 e. The smallest absolute Gasteiger partial charge is 0.164 e. The zero-order valence-electron chi connectivity index (χ0n) is 29.6. The zero-order chi connectivity index (χ0) is 35.5. The lowest BCUT2D eigenvalue weighted by Crippen LogP contribution is -2.49. The molecule has 1 aromatic heterocycles. The van der Waals surface area contributed by atoms with E-state index in [0.717, 1.165) is 27.6 Å². The van der Waals surface area contributed by atoms with E-state index in [4.69, 9.17) is 15.0 Å². The number of benzene rings is 8. The molecule has 2 heterocycles. The van der Waals surface area contributed by atoms with Gasteiger partial charge in [0.2, 0.25) is 0 Å². The van der Waals surface area contributed by atoms with Crippen LogP contribution in [0.3, 0.4) is 0 Å². The molecule has 0 spiro atoms. The predicted octanol–water partition coefficient (Wildman–Crippen LogP) is 11.3. The summed E-state index contributed by atoms with van der Waals surface area (Å²) in [4.78, 5) is 15.7. The van der Waals surface area contributed by atoms with Crippen LogP contribution in [0.25, 0.3) is 89.1 Å². The number of hydrogen-bond acceptors (Lipinski definition) is 3. The molecule has 4 heteroatoms. The van der Waals surface area contributed by atoms with Gasteiger partial charge in [-0.15, -0.1) is 0 Å². The molecule has 1 aliphatic rings. The first-order valence-electron chi connectivity index (χ1n) is 18.2. The minimum atomic E-state index is -1.90. The molecule has 0 aliphatic carbocycles. The van der Waals surface area contributed by atoms with Gasteiger partial charge in [-0.3, -0.25) is 0 Å². The fourth-order valence-corrected chi connectivity index (χ4v) is 11.2. The Balaban J connectivity index is 1.16. The van der Waals surface area contributed by atoms with Gasteiger partial charge >= 0.3 is 0 Å². The van der Waals surface area contributed by atoms with Crippen molar-refractivity contribution in [1.82, 2.24) is 15.0 Å². The number of aromatic nitrogens is 3. The summed E-state index contributed by atoms with van der Waals surface area (Å²) in [5.41, 5.74) is 10.3. The second-order valence-corrected chi connectivity index (χ2v) is 18.8. The summed E-state index contributed by atoms with van der Waals surface area (Å²) < 4.78 is 0. The van der Waals surface area contributed by atoms with E-state index in [0.29, 0.717) is 17.5 Å². The molecule has 0 atom stereocenters. The van der Waals surface area contributed by atoms with Crippen molar-refractivity contribution < 1.29 is 0 Å². The van der Waals surface area contributed by atoms with Crippen molar-refractivity contribution in [3.8, 4) is 67.5 Å². The lowest BCUT2D eigenvalue weighted by atomic mass is 9.94. The van der Waals surface area contributed by atoms with Crippen LogP contribution < -0.4 is 10.4 Å². The van der Waals surface area contributed by atoms with Crippen LogP contribution in [-0.2, 0) is 0 Å². The summed E-state index contributed by atoms with van der Waals surface area (Å²) in [5, 5.41) is 7.79. The Kier molecular flexibility index (Phi) is 7.27. The third-order valence-corrected chi connectivity index (χ3v) is 14.5. The van der Waals surface area contributed by atoms with Gasteiger partial charge in [0.05, 0.1) is 0 Å². The van der Waals surface area contributed by atoms with Gasteiger partial charge < -0.3 is 0 Å². The monoisotopic (exact) mass is 693 g/mol. The first-order chi connectivity index (χ1) is 26.0. The number of nitrogens with zero attached hydrogens (tertiary/aromatic N) is 3. The molecule has 0 bridgehead atoms. The second-order valence-electron chi connectivity index (χ2n) is 14.5. The topological polar surface area (TPSA) is 38.7 Å². The Morgan fingerprint density at radius 2 is 0.811 bits per heavy atom. The van der Waals surface area contributed by atoms with Crippen molar-refractivity contribution in [1.29, 1.82) is 0 Å². The third kappa shape index (κ3) is 5.30. The SMILES string of the molecule is C[Si]1(C)c2ccc(-c3nc(-c4ccc(-c5ccccc5)cc4)nc(-c4ccc(-c5ccccc5)c5ccccc45)n3)cc2-c2cc3ccccc3cc21. The van der Waals surface area contributed by atoms with Crippen LogP contribution >= 0.6 is 0 Å². The van der Waals surface area contributed by atoms with Gasteiger partial charge in [-0.05, 0) is 83.5 Å². The Labute approximate surface area is 310 Å². The summed E-state index contributed by atoms with van der Waals surface area (Å²) >= 11 is 0. The van der Waals surface area contributed by atoms with Gasteiger partial charge in [-0.1, -0.05) is 171 Å². The lowest BCUT2D eigenvalue weighted by molar-refractivity contribution is 1.08. The average Bonchev–Trinajstić information content (AvgIpc) is 3.44. The Morgan fingerprint density at radius 1 is 0.321 bits per heavy atom. The normalized spacial score (nSPS) is 12.9. The van der Waals surface area contributed by atoms with E-state index in [1.165, 1.54) is 54.3 Å². The van der Waals surface area contributed by atoms with Crippen molar-refractivity contribution in [3.05, 3.63) is 176 Å². The Bertz CT molecular complexity index is 2850. The highest BCUT2D eigenvalue weighted by molar-refractivity contribution is 7.04. The summed E-state index contributed by atoms with van der Waals surface area (Å²) in [5.74, 6) is 1.99. The maximum absolute atomic E-state index is 5.27. The quantitative estimate of drug-likeness (QED) is 0.168. The highest BCUT2D eigenvalue weighted by Crippen LogP contribution is 2.37. The zero-order valence-corrected chi connectivity index (χ0v) is 30.6. The molecule has 0 unspecified atom stereocenters. The van der Waals surface area contributed by atoms with Gasteiger partial charge in [0.15, 0.2) is 17.5 Å². The molecule has 250 valence electrons. The second kappa shape index (κ2) is 12.3. The number of hydrogen-bond donors (Lipinski definition) is 0. The Hall–Kier alpha value is -6.49. The molecule has 9 aromatic rings. The van der Waals surface area contributed by atoms with E-state index in [9.17, 15) is 0 Å². The average molecular weight is 694 g/mol. The lowest BCUT2D eigenvalue weighted by Gasteiger charge is -2.19. The first kappa shape index (κ1) is 31.3. The van der Waals surface area contributed by atoms with Crippen LogP contribution in [0.1, 0.15) is 0 Å². The molecule has 0 amide bonds. The number of fused-ring (bicyclic) bond motifs is 5. The molecule has 53 heavy (non-hydrogen) atoms. The van der Waals surface area contributed by atoms with Crippen molar-refractivity contribution in [2.75, 3.05) is 0 Å². The van der Waals surface area contributed by atoms with Gasteiger partial charge in [-0.2, -0.15) is 0 Å². The van der Waals surface area contributed by atoms with E-state index < -0.39 is 8.07 Å². The fourth-order valence-electron chi connectivity index (χ4n) is 8.14. The molecular formula is C49H35N3Si. The van der Waals surface area contributed by atoms with E-state index in [1.54, 1.807) is 0 Å². The van der Waals surface area contributed by atoms with Crippen LogP contribution in [0, 0.1) is 0 Å². The first-order valence-corrected chi connectivity index (χ1v) is 21.2. The third-order valence-electron chi connectivity index (χ3n) is 10.9. The molecule has 10 rings (SSSR count). The van der Waals surface area contributed by atoms with Gasteiger partial charge in [0, 0.05) is 16.7 Å². The van der Waals surface area contributed by atoms with Crippen LogP contribution in [0.5, 0.6) is 0 Å². The molecule has 0 N–H and O–H groups in total. The van der Waals surface area contributed by atoms with Crippen LogP contribution in [0.2, 0.25) is 13.1 Å². The number of rotatable bonds is 5. The van der Waals surface area contributed by atoms with Gasteiger partial charge in [-0.25, -0.2) is 15.0 Å². The van der Waals surface area contributed by atoms with E-state index >= 15 is 0 Å². The Morgan fingerprint density at radius 3 is 1.53 bits per heavy atom. The van der Waals surface area contributed by atoms with Crippen LogP contribution in [-0.4, -0.2) is 23.0 Å². The minimum absolute atomic E-state index is 0.655. The fraction of sp³-hybridized carbons (Fsp3) is 0.0408. The largest absolute Gasteiger partial charge is 0.208 e. The van der Waals surface area contributed by atoms with Crippen molar-refractivity contribution in [2.45, 2.75) is 13.1 Å². The predicted molar refractivity (Wildman–Crippen MR) is 224 cm³/mol. The van der Waals surface area contributed by atoms with Gasteiger partial charge in [0.25, 0.3) is 0 Å². The molecule has 0 saturated carbocycles. The maximum atomic E-state index is 5.27. The van der Waals surface area contributed by atoms with Gasteiger partial charge in [0.1, 0.15) is 8.07 Å². The highest BCUT2D eigenvalue weighted by atomic mass is 28.3. The molecule has 0 saturated heterocycles. The standard InChI is InChI=1S/C49H35N3Si/c1-53(2)45-28-25-38(30-43(45)44-29-36-17-9-10-18-37(36)31-46(44)53)48-50-47(35-23-21-33(22-24-35)32-13-5-3-6-14-32)51-49(52-48)42-27-26-39(34-15-7-4-8-16-34)40-19-11-12-20-41(40)42/h3-31H,1-2H3. The summed E-state index contributed by atoms with van der Waals surface area (Å²) in [6.07, 6.45) is 0. The molecular weight excluding hydrogens is 659 g/mol. The molecule has 1 aliphatic heterocycles.